The molecule has 0 spiro atoms. The fourth-order valence-electron chi connectivity index (χ4n) is 3.88. The first-order valence-corrected chi connectivity index (χ1v) is 11.1. The molecule has 2 amide bonds. The van der Waals surface area contributed by atoms with Crippen LogP contribution in [0.3, 0.4) is 0 Å². The molecule has 0 saturated carbocycles. The van der Waals surface area contributed by atoms with Gasteiger partial charge in [0.2, 0.25) is 5.91 Å². The Morgan fingerprint density at radius 1 is 1.16 bits per heavy atom. The summed E-state index contributed by atoms with van der Waals surface area (Å²) in [4.78, 5) is 38.6. The highest BCUT2D eigenvalue weighted by Gasteiger charge is 2.53. The van der Waals surface area contributed by atoms with Crippen molar-refractivity contribution >= 4 is 35.2 Å². The van der Waals surface area contributed by atoms with Gasteiger partial charge in [0, 0.05) is 23.4 Å². The molecule has 7 nitrogen and oxygen atoms in total. The topological polar surface area (TPSA) is 84.9 Å². The van der Waals surface area contributed by atoms with Gasteiger partial charge in [0.15, 0.2) is 0 Å². The van der Waals surface area contributed by atoms with Gasteiger partial charge >= 0.3 is 5.97 Å². The van der Waals surface area contributed by atoms with Crippen molar-refractivity contribution in [2.45, 2.75) is 37.3 Å². The number of methoxy groups -OCH3 is 1. The van der Waals surface area contributed by atoms with Crippen LogP contribution in [0.5, 0.6) is 5.75 Å². The number of hydrogen-bond acceptors (Lipinski definition) is 6. The highest BCUT2D eigenvalue weighted by atomic mass is 32.2. The summed E-state index contributed by atoms with van der Waals surface area (Å²) < 4.78 is 10.6. The fraction of sp³-hybridized carbons (Fsp3) is 0.348. The minimum absolute atomic E-state index is 0.0154. The summed E-state index contributed by atoms with van der Waals surface area (Å²) in [5, 5.41) is 2.83. The molecule has 0 bridgehead atoms. The van der Waals surface area contributed by atoms with Crippen LogP contribution in [0, 0.1) is 0 Å². The molecule has 2 aliphatic heterocycles. The van der Waals surface area contributed by atoms with Crippen LogP contribution in [0.25, 0.3) is 0 Å². The zero-order chi connectivity index (χ0) is 22.0. The average molecular weight is 441 g/mol. The van der Waals surface area contributed by atoms with Gasteiger partial charge in [-0.25, -0.2) is 4.79 Å². The quantitative estimate of drug-likeness (QED) is 0.693. The molecule has 31 heavy (non-hydrogen) atoms. The van der Waals surface area contributed by atoms with Gasteiger partial charge in [0.25, 0.3) is 5.91 Å². The Morgan fingerprint density at radius 3 is 2.55 bits per heavy atom. The van der Waals surface area contributed by atoms with E-state index in [1.165, 1.54) is 0 Å². The first-order chi connectivity index (χ1) is 14.9. The molecule has 0 aliphatic carbocycles. The van der Waals surface area contributed by atoms with E-state index in [0.29, 0.717) is 29.2 Å². The molecular formula is C23H24N2O5S. The molecule has 2 heterocycles. The molecular weight excluding hydrogens is 416 g/mol. The summed E-state index contributed by atoms with van der Waals surface area (Å²) in [6.45, 7) is 2.10. The van der Waals surface area contributed by atoms with E-state index in [4.69, 9.17) is 9.47 Å². The number of hydrogen-bond donors (Lipinski definition) is 1. The minimum atomic E-state index is -0.528. The van der Waals surface area contributed by atoms with Crippen LogP contribution in [-0.2, 0) is 20.9 Å². The van der Waals surface area contributed by atoms with Crippen molar-refractivity contribution in [3.05, 3.63) is 59.7 Å². The van der Waals surface area contributed by atoms with Gasteiger partial charge in [-0.3, -0.25) is 9.59 Å². The van der Waals surface area contributed by atoms with Gasteiger partial charge in [-0.2, -0.15) is 0 Å². The molecule has 162 valence electrons. The number of amides is 2. The standard InChI is InChI=1S/C23H24N2O5S/c1-23-12-11-20(26)25(23)19(14-31-23)22(28)30-13-15-3-5-16(6-4-15)21(27)24-17-7-9-18(29-2)10-8-17/h3-10,19H,11-14H2,1-2H3,(H,24,27)/t19-,23+/m1/s1. The summed E-state index contributed by atoms with van der Waals surface area (Å²) in [6.07, 6.45) is 1.24. The van der Waals surface area contributed by atoms with Gasteiger partial charge in [-0.1, -0.05) is 12.1 Å². The van der Waals surface area contributed by atoms with E-state index in [9.17, 15) is 14.4 Å². The lowest BCUT2D eigenvalue weighted by Gasteiger charge is -2.29. The van der Waals surface area contributed by atoms with Crippen molar-refractivity contribution in [2.75, 3.05) is 18.2 Å². The molecule has 2 aromatic rings. The predicted octanol–water partition coefficient (Wildman–Crippen LogP) is 3.44. The number of rotatable bonds is 6. The zero-order valence-electron chi connectivity index (χ0n) is 17.4. The lowest BCUT2D eigenvalue weighted by atomic mass is 10.1. The predicted molar refractivity (Wildman–Crippen MR) is 118 cm³/mol. The number of esters is 1. The number of fused-ring (bicyclic) bond motifs is 1. The largest absolute Gasteiger partial charge is 0.497 e. The van der Waals surface area contributed by atoms with E-state index < -0.39 is 6.04 Å². The van der Waals surface area contributed by atoms with Crippen molar-refractivity contribution in [1.29, 1.82) is 0 Å². The number of carbonyl (C=O) groups excluding carboxylic acids is 3. The Balaban J connectivity index is 1.31. The van der Waals surface area contributed by atoms with Crippen LogP contribution >= 0.6 is 11.8 Å². The summed E-state index contributed by atoms with van der Waals surface area (Å²) in [6, 6.07) is 13.4. The summed E-state index contributed by atoms with van der Waals surface area (Å²) in [7, 11) is 1.59. The Kier molecular flexibility index (Phi) is 5.91. The third kappa shape index (κ3) is 4.39. The SMILES string of the molecule is COc1ccc(NC(=O)c2ccc(COC(=O)[C@H]3CS[C@@]4(C)CCC(=O)N34)cc2)cc1. The number of benzene rings is 2. The van der Waals surface area contributed by atoms with E-state index >= 15 is 0 Å². The summed E-state index contributed by atoms with van der Waals surface area (Å²) in [5.74, 6) is 0.677. The smallest absolute Gasteiger partial charge is 0.330 e. The molecule has 2 saturated heterocycles. The van der Waals surface area contributed by atoms with Crippen molar-refractivity contribution in [3.63, 3.8) is 0 Å². The number of nitrogens with zero attached hydrogens (tertiary/aromatic N) is 1. The molecule has 1 N–H and O–H groups in total. The molecule has 8 heteroatoms. The Morgan fingerprint density at radius 2 is 1.87 bits per heavy atom. The van der Waals surface area contributed by atoms with E-state index in [-0.39, 0.29) is 29.3 Å². The van der Waals surface area contributed by atoms with Gasteiger partial charge in [-0.15, -0.1) is 11.8 Å². The molecule has 0 aromatic heterocycles. The molecule has 4 rings (SSSR count). The average Bonchev–Trinajstić information content (AvgIpc) is 3.28. The molecule has 2 aromatic carbocycles. The normalized spacial score (nSPS) is 22.2. The van der Waals surface area contributed by atoms with Crippen LogP contribution in [0.1, 0.15) is 35.7 Å². The first kappa shape index (κ1) is 21.2. The van der Waals surface area contributed by atoms with Gasteiger partial charge < -0.3 is 19.7 Å². The molecule has 0 unspecified atom stereocenters. The zero-order valence-corrected chi connectivity index (χ0v) is 18.2. The second kappa shape index (κ2) is 8.63. The van der Waals surface area contributed by atoms with Crippen molar-refractivity contribution in [1.82, 2.24) is 4.90 Å². The molecule has 0 radical (unpaired) electrons. The third-order valence-corrected chi connectivity index (χ3v) is 7.17. The first-order valence-electron chi connectivity index (χ1n) is 10.1. The summed E-state index contributed by atoms with van der Waals surface area (Å²) >= 11 is 1.64. The Bertz CT molecular complexity index is 992. The van der Waals surface area contributed by atoms with Crippen molar-refractivity contribution < 1.29 is 23.9 Å². The highest BCUT2D eigenvalue weighted by molar-refractivity contribution is 8.01. The molecule has 2 atom stereocenters. The number of carbonyl (C=O) groups is 3. The molecule has 2 aliphatic rings. The minimum Gasteiger partial charge on any atom is -0.497 e. The maximum absolute atomic E-state index is 12.6. The van der Waals surface area contributed by atoms with Crippen LogP contribution in [0.2, 0.25) is 0 Å². The second-order valence-electron chi connectivity index (χ2n) is 7.75. The van der Waals surface area contributed by atoms with Gasteiger partial charge in [0.05, 0.1) is 12.0 Å². The van der Waals surface area contributed by atoms with Crippen molar-refractivity contribution in [2.24, 2.45) is 0 Å². The van der Waals surface area contributed by atoms with Crippen LogP contribution in [0.4, 0.5) is 5.69 Å². The maximum atomic E-state index is 12.6. The number of ether oxygens (including phenoxy) is 2. The monoisotopic (exact) mass is 440 g/mol. The Labute approximate surface area is 185 Å². The second-order valence-corrected chi connectivity index (χ2v) is 9.25. The lowest BCUT2D eigenvalue weighted by Crippen LogP contribution is -2.46. The van der Waals surface area contributed by atoms with E-state index in [1.54, 1.807) is 72.3 Å². The van der Waals surface area contributed by atoms with Gasteiger partial charge in [0.1, 0.15) is 18.4 Å². The van der Waals surface area contributed by atoms with E-state index in [1.807, 2.05) is 6.92 Å². The van der Waals surface area contributed by atoms with Crippen LogP contribution in [-0.4, -0.2) is 46.5 Å². The third-order valence-electron chi connectivity index (χ3n) is 5.66. The van der Waals surface area contributed by atoms with E-state index in [0.717, 1.165) is 12.0 Å². The number of nitrogens with one attached hydrogen (secondary N) is 1. The van der Waals surface area contributed by atoms with Gasteiger partial charge in [-0.05, 0) is 55.3 Å². The molecule has 2 fully saturated rings. The highest BCUT2D eigenvalue weighted by Crippen LogP contribution is 2.47. The van der Waals surface area contributed by atoms with Crippen LogP contribution in [0.15, 0.2) is 48.5 Å². The van der Waals surface area contributed by atoms with Crippen LogP contribution < -0.4 is 10.1 Å². The summed E-state index contributed by atoms with van der Waals surface area (Å²) in [5.41, 5.74) is 1.94. The number of anilines is 1. The Hall–Kier alpha value is -3.00. The van der Waals surface area contributed by atoms with Crippen molar-refractivity contribution in [3.8, 4) is 5.75 Å². The lowest BCUT2D eigenvalue weighted by molar-refractivity contribution is -0.154. The fourth-order valence-corrected chi connectivity index (χ4v) is 5.29. The van der Waals surface area contributed by atoms with E-state index in [2.05, 4.69) is 5.32 Å². The maximum Gasteiger partial charge on any atom is 0.330 e. The number of thioether (sulfide) groups is 1.